The Bertz CT molecular complexity index is 694. The number of non-ortho nitro benzene ring substituents is 1. The Hall–Kier alpha value is -2.70. The molecule has 0 spiro atoms. The summed E-state index contributed by atoms with van der Waals surface area (Å²) in [6.45, 7) is 3.45. The molecule has 0 aliphatic carbocycles. The van der Waals surface area contributed by atoms with E-state index in [0.29, 0.717) is 11.3 Å². The number of H-pyrrole nitrogens is 1. The SMILES string of the molecule is Cc1ccc([N+](=O)[O-])cc1Nc1ncc(C)c(=O)[nH]1. The van der Waals surface area contributed by atoms with Gasteiger partial charge in [-0.05, 0) is 19.4 Å². The van der Waals surface area contributed by atoms with Gasteiger partial charge in [0.25, 0.3) is 11.2 Å². The molecule has 1 aromatic heterocycles. The maximum atomic E-state index is 11.4. The molecule has 2 N–H and O–H groups in total. The van der Waals surface area contributed by atoms with Crippen molar-refractivity contribution in [2.75, 3.05) is 5.32 Å². The fraction of sp³-hybridized carbons (Fsp3) is 0.167. The number of nitro groups is 1. The number of hydrogen-bond donors (Lipinski definition) is 2. The molecule has 1 aromatic carbocycles. The van der Waals surface area contributed by atoms with Crippen LogP contribution in [-0.2, 0) is 0 Å². The summed E-state index contributed by atoms with van der Waals surface area (Å²) in [6, 6.07) is 4.45. The minimum Gasteiger partial charge on any atom is -0.325 e. The summed E-state index contributed by atoms with van der Waals surface area (Å²) in [4.78, 5) is 28.3. The molecular weight excluding hydrogens is 248 g/mol. The lowest BCUT2D eigenvalue weighted by Gasteiger charge is -2.08. The number of aromatic amines is 1. The minimum absolute atomic E-state index is 0.0254. The summed E-state index contributed by atoms with van der Waals surface area (Å²) >= 11 is 0. The number of nitro benzene ring substituents is 1. The van der Waals surface area contributed by atoms with Crippen LogP contribution >= 0.6 is 0 Å². The number of nitrogens with zero attached hydrogens (tertiary/aromatic N) is 2. The quantitative estimate of drug-likeness (QED) is 0.649. The largest absolute Gasteiger partial charge is 0.325 e. The van der Waals surface area contributed by atoms with Crippen LogP contribution in [0.3, 0.4) is 0 Å². The van der Waals surface area contributed by atoms with Crippen LogP contribution in [-0.4, -0.2) is 14.9 Å². The minimum atomic E-state index is -0.476. The second-order valence-corrected chi connectivity index (χ2v) is 4.13. The Morgan fingerprint density at radius 1 is 1.32 bits per heavy atom. The fourth-order valence-corrected chi connectivity index (χ4v) is 1.51. The van der Waals surface area contributed by atoms with Crippen LogP contribution in [0.4, 0.5) is 17.3 Å². The van der Waals surface area contributed by atoms with E-state index in [1.807, 2.05) is 0 Å². The lowest BCUT2D eigenvalue weighted by molar-refractivity contribution is -0.384. The van der Waals surface area contributed by atoms with Gasteiger partial charge in [-0.3, -0.25) is 19.9 Å². The van der Waals surface area contributed by atoms with Gasteiger partial charge in [-0.1, -0.05) is 6.07 Å². The van der Waals surface area contributed by atoms with Gasteiger partial charge in [0, 0.05) is 23.9 Å². The van der Waals surface area contributed by atoms with Crippen LogP contribution in [0.1, 0.15) is 11.1 Å². The highest BCUT2D eigenvalue weighted by atomic mass is 16.6. The summed E-state index contributed by atoms with van der Waals surface area (Å²) in [6.07, 6.45) is 1.44. The van der Waals surface area contributed by atoms with E-state index in [1.165, 1.54) is 18.3 Å². The lowest BCUT2D eigenvalue weighted by Crippen LogP contribution is -2.13. The van der Waals surface area contributed by atoms with Gasteiger partial charge in [0.2, 0.25) is 5.95 Å². The molecule has 2 aromatic rings. The number of anilines is 2. The number of aryl methyl sites for hydroxylation is 2. The Labute approximate surface area is 108 Å². The highest BCUT2D eigenvalue weighted by Gasteiger charge is 2.09. The van der Waals surface area contributed by atoms with Crippen molar-refractivity contribution in [2.45, 2.75) is 13.8 Å². The number of nitrogens with one attached hydrogen (secondary N) is 2. The molecular formula is C12H12N4O3. The van der Waals surface area contributed by atoms with E-state index in [0.717, 1.165) is 5.56 Å². The van der Waals surface area contributed by atoms with Gasteiger partial charge < -0.3 is 5.32 Å². The van der Waals surface area contributed by atoms with Crippen LogP contribution < -0.4 is 10.9 Å². The van der Waals surface area contributed by atoms with Crippen molar-refractivity contribution in [3.05, 3.63) is 56.0 Å². The summed E-state index contributed by atoms with van der Waals surface area (Å²) in [5.74, 6) is 0.249. The standard InChI is InChI=1S/C12H12N4O3/c1-7-3-4-9(16(18)19)5-10(7)14-12-13-6-8(2)11(17)15-12/h3-6H,1-2H3,(H2,13,14,15,17). The average molecular weight is 260 g/mol. The molecule has 1 heterocycles. The van der Waals surface area contributed by atoms with Gasteiger partial charge in [0.1, 0.15) is 0 Å². The van der Waals surface area contributed by atoms with E-state index < -0.39 is 4.92 Å². The van der Waals surface area contributed by atoms with Crippen LogP contribution in [0.15, 0.2) is 29.2 Å². The molecule has 2 rings (SSSR count). The highest BCUT2D eigenvalue weighted by molar-refractivity contribution is 5.62. The van der Waals surface area contributed by atoms with Crippen LogP contribution in [0.5, 0.6) is 0 Å². The van der Waals surface area contributed by atoms with E-state index in [9.17, 15) is 14.9 Å². The Balaban J connectivity index is 2.37. The molecule has 0 aliphatic rings. The third-order valence-corrected chi connectivity index (χ3v) is 2.66. The molecule has 0 bridgehead atoms. The molecule has 0 radical (unpaired) electrons. The van der Waals surface area contributed by atoms with Gasteiger partial charge in [-0.15, -0.1) is 0 Å². The summed E-state index contributed by atoms with van der Waals surface area (Å²) in [5, 5.41) is 13.6. The van der Waals surface area contributed by atoms with Crippen molar-refractivity contribution < 1.29 is 4.92 Å². The average Bonchev–Trinajstić information content (AvgIpc) is 2.36. The first kappa shape index (κ1) is 12.7. The maximum absolute atomic E-state index is 11.4. The third kappa shape index (κ3) is 2.76. The monoisotopic (exact) mass is 260 g/mol. The second-order valence-electron chi connectivity index (χ2n) is 4.13. The topological polar surface area (TPSA) is 101 Å². The van der Waals surface area contributed by atoms with Gasteiger partial charge in [-0.2, -0.15) is 0 Å². The normalized spacial score (nSPS) is 10.2. The number of aromatic nitrogens is 2. The summed E-state index contributed by atoms with van der Waals surface area (Å²) in [7, 11) is 0. The predicted octanol–water partition coefficient (Wildman–Crippen LogP) is 2.04. The molecule has 0 aliphatic heterocycles. The van der Waals surface area contributed by atoms with Gasteiger partial charge >= 0.3 is 0 Å². The summed E-state index contributed by atoms with van der Waals surface area (Å²) in [5.41, 5.74) is 1.57. The molecule has 0 atom stereocenters. The molecule has 0 unspecified atom stereocenters. The maximum Gasteiger partial charge on any atom is 0.271 e. The molecule has 19 heavy (non-hydrogen) atoms. The van der Waals surface area contributed by atoms with Crippen molar-refractivity contribution >= 4 is 17.3 Å². The fourth-order valence-electron chi connectivity index (χ4n) is 1.51. The highest BCUT2D eigenvalue weighted by Crippen LogP contribution is 2.23. The predicted molar refractivity (Wildman–Crippen MR) is 70.7 cm³/mol. The first-order valence-electron chi connectivity index (χ1n) is 5.55. The van der Waals surface area contributed by atoms with Crippen LogP contribution in [0.2, 0.25) is 0 Å². The first-order valence-corrected chi connectivity index (χ1v) is 5.55. The van der Waals surface area contributed by atoms with Crippen molar-refractivity contribution in [1.29, 1.82) is 0 Å². The zero-order chi connectivity index (χ0) is 14.0. The lowest BCUT2D eigenvalue weighted by atomic mass is 10.2. The Morgan fingerprint density at radius 3 is 2.68 bits per heavy atom. The Kier molecular flexibility index (Phi) is 3.28. The van der Waals surface area contributed by atoms with Crippen molar-refractivity contribution in [2.24, 2.45) is 0 Å². The van der Waals surface area contributed by atoms with E-state index >= 15 is 0 Å². The molecule has 7 nitrogen and oxygen atoms in total. The number of benzene rings is 1. The molecule has 98 valence electrons. The smallest absolute Gasteiger partial charge is 0.271 e. The van der Waals surface area contributed by atoms with Crippen LogP contribution in [0, 0.1) is 24.0 Å². The second kappa shape index (κ2) is 4.89. The van der Waals surface area contributed by atoms with E-state index in [1.54, 1.807) is 19.9 Å². The zero-order valence-electron chi connectivity index (χ0n) is 10.4. The van der Waals surface area contributed by atoms with Crippen molar-refractivity contribution in [3.63, 3.8) is 0 Å². The van der Waals surface area contributed by atoms with E-state index in [4.69, 9.17) is 0 Å². The first-order chi connectivity index (χ1) is 8.97. The molecule has 0 saturated heterocycles. The molecule has 0 amide bonds. The van der Waals surface area contributed by atoms with E-state index in [-0.39, 0.29) is 17.2 Å². The third-order valence-electron chi connectivity index (χ3n) is 2.66. The molecule has 0 saturated carbocycles. The molecule has 7 heteroatoms. The van der Waals surface area contributed by atoms with Gasteiger partial charge in [-0.25, -0.2) is 4.98 Å². The molecule has 0 fully saturated rings. The van der Waals surface area contributed by atoms with Crippen molar-refractivity contribution in [1.82, 2.24) is 9.97 Å². The van der Waals surface area contributed by atoms with Gasteiger partial charge in [0.05, 0.1) is 10.6 Å². The van der Waals surface area contributed by atoms with Gasteiger partial charge in [0.15, 0.2) is 0 Å². The number of hydrogen-bond acceptors (Lipinski definition) is 5. The zero-order valence-corrected chi connectivity index (χ0v) is 10.4. The van der Waals surface area contributed by atoms with Crippen LogP contribution in [0.25, 0.3) is 0 Å². The van der Waals surface area contributed by atoms with E-state index in [2.05, 4.69) is 15.3 Å². The number of rotatable bonds is 3. The summed E-state index contributed by atoms with van der Waals surface area (Å²) < 4.78 is 0. The van der Waals surface area contributed by atoms with Crippen molar-refractivity contribution in [3.8, 4) is 0 Å². The Morgan fingerprint density at radius 2 is 2.05 bits per heavy atom.